The first-order valence-electron chi connectivity index (χ1n) is 18.2. The van der Waals surface area contributed by atoms with Crippen LogP contribution in [0.1, 0.15) is 97.6 Å². The zero-order valence-corrected chi connectivity index (χ0v) is 32.4. The molecule has 3 heterocycles. The predicted molar refractivity (Wildman–Crippen MR) is 196 cm³/mol. The smallest absolute Gasteiger partial charge is 0.408 e. The molecule has 2 fully saturated rings. The summed E-state index contributed by atoms with van der Waals surface area (Å²) in [5.41, 5.74) is 0.644. The predicted octanol–water partition coefficient (Wildman–Crippen LogP) is 4.58. The molecule has 3 amide bonds. The Hall–Kier alpha value is -3.98. The lowest BCUT2D eigenvalue weighted by atomic mass is 9.91. The average molecular weight is 743 g/mol. The molecule has 0 spiro atoms. The largest absolute Gasteiger partial charge is 0.459 e. The number of hydrogen-bond acceptors (Lipinski definition) is 9. The molecule has 0 radical (unpaired) electrons. The van der Waals surface area contributed by atoms with E-state index in [0.29, 0.717) is 31.7 Å². The summed E-state index contributed by atoms with van der Waals surface area (Å²) < 4.78 is 42.5. The molecule has 3 aliphatic rings. The SMILES string of the molecule is Cc1cccc2nc(O[C@@H]3C[C@H]4C(=O)C[C@]5(C(=O)NS(=O)(=O)N(C)C)C[C@@H]5/C=C\CCCCC[C@H](NC(=O)OC(C)(C)C)C(=O)N4C3)n(C(C)C)c12. The Bertz CT molecular complexity index is 1830. The number of rotatable bonds is 7. The summed E-state index contributed by atoms with van der Waals surface area (Å²) in [6.07, 6.45) is 5.93. The monoisotopic (exact) mass is 742 g/mol. The molecule has 2 aliphatic heterocycles. The molecule has 286 valence electrons. The number of para-hydroxylation sites is 1. The molecule has 1 aromatic heterocycles. The Morgan fingerprint density at radius 3 is 2.52 bits per heavy atom. The fraction of sp³-hybridized carbons (Fsp3) is 0.649. The number of nitrogens with one attached hydrogen (secondary N) is 2. The second-order valence-electron chi connectivity index (χ2n) is 15.9. The second kappa shape index (κ2) is 15.2. The number of allylic oxidation sites excluding steroid dienone is 2. The third-order valence-corrected chi connectivity index (χ3v) is 11.5. The van der Waals surface area contributed by atoms with E-state index in [1.165, 1.54) is 19.0 Å². The van der Waals surface area contributed by atoms with Crippen LogP contribution in [0.5, 0.6) is 6.01 Å². The molecule has 5 rings (SSSR count). The molecular formula is C37H54N6O8S. The molecule has 52 heavy (non-hydrogen) atoms. The first kappa shape index (κ1) is 39.2. The summed E-state index contributed by atoms with van der Waals surface area (Å²) in [5, 5.41) is 2.77. The van der Waals surface area contributed by atoms with Crippen LogP contribution in [0.4, 0.5) is 4.79 Å². The molecule has 15 heteroatoms. The second-order valence-corrected chi connectivity index (χ2v) is 17.8. The van der Waals surface area contributed by atoms with Crippen molar-refractivity contribution in [3.63, 3.8) is 0 Å². The Morgan fingerprint density at radius 1 is 1.12 bits per heavy atom. The van der Waals surface area contributed by atoms with Crippen molar-refractivity contribution < 1.29 is 37.1 Å². The zero-order valence-electron chi connectivity index (χ0n) is 31.6. The van der Waals surface area contributed by atoms with Crippen molar-refractivity contribution >= 4 is 44.9 Å². The summed E-state index contributed by atoms with van der Waals surface area (Å²) in [6.45, 7) is 11.3. The van der Waals surface area contributed by atoms with E-state index in [4.69, 9.17) is 14.5 Å². The van der Waals surface area contributed by atoms with Gasteiger partial charge in [-0.05, 0) is 84.8 Å². The lowest BCUT2D eigenvalue weighted by Crippen LogP contribution is -2.53. The average Bonchev–Trinajstić information content (AvgIpc) is 3.36. The Balaban J connectivity index is 1.50. The molecule has 1 saturated carbocycles. The highest BCUT2D eigenvalue weighted by Gasteiger charge is 2.61. The highest BCUT2D eigenvalue weighted by molar-refractivity contribution is 7.87. The molecule has 0 unspecified atom stereocenters. The number of carbonyl (C=O) groups is 4. The molecule has 1 aromatic carbocycles. The lowest BCUT2D eigenvalue weighted by molar-refractivity contribution is -0.140. The minimum Gasteiger partial charge on any atom is -0.459 e. The maximum absolute atomic E-state index is 14.5. The number of benzene rings is 1. The van der Waals surface area contributed by atoms with Crippen molar-refractivity contribution in [1.82, 2.24) is 28.8 Å². The number of aryl methyl sites for hydroxylation is 1. The van der Waals surface area contributed by atoms with Crippen LogP contribution in [-0.4, -0.2) is 95.3 Å². The van der Waals surface area contributed by atoms with Crippen molar-refractivity contribution in [1.29, 1.82) is 0 Å². The van der Waals surface area contributed by atoms with Crippen molar-refractivity contribution in [3.05, 3.63) is 35.9 Å². The molecule has 0 bridgehead atoms. The van der Waals surface area contributed by atoms with E-state index in [0.717, 1.165) is 33.7 Å². The summed E-state index contributed by atoms with van der Waals surface area (Å²) in [4.78, 5) is 61.9. The van der Waals surface area contributed by atoms with E-state index in [2.05, 4.69) is 10.0 Å². The number of ether oxygens (including phenoxy) is 2. The molecule has 1 saturated heterocycles. The molecule has 1 aliphatic carbocycles. The first-order valence-corrected chi connectivity index (χ1v) is 19.6. The minimum atomic E-state index is -4.12. The third kappa shape index (κ3) is 8.62. The van der Waals surface area contributed by atoms with Crippen LogP contribution in [0, 0.1) is 18.3 Å². The van der Waals surface area contributed by atoms with Crippen molar-refractivity contribution in [3.8, 4) is 6.01 Å². The van der Waals surface area contributed by atoms with Crippen molar-refractivity contribution in [2.75, 3.05) is 20.6 Å². The van der Waals surface area contributed by atoms with E-state index in [1.807, 2.05) is 55.7 Å². The van der Waals surface area contributed by atoms with E-state index in [1.54, 1.807) is 20.8 Å². The van der Waals surface area contributed by atoms with Gasteiger partial charge in [0.05, 0.1) is 29.0 Å². The number of ketones is 1. The topological polar surface area (TPSA) is 169 Å². The maximum Gasteiger partial charge on any atom is 0.408 e. The molecular weight excluding hydrogens is 689 g/mol. The summed E-state index contributed by atoms with van der Waals surface area (Å²) >= 11 is 0. The van der Waals surface area contributed by atoms with Crippen LogP contribution in [0.25, 0.3) is 11.0 Å². The summed E-state index contributed by atoms with van der Waals surface area (Å²) in [7, 11) is -1.48. The van der Waals surface area contributed by atoms with Gasteiger partial charge in [0.2, 0.25) is 11.8 Å². The summed E-state index contributed by atoms with van der Waals surface area (Å²) in [6, 6.07) is 4.24. The van der Waals surface area contributed by atoms with E-state index < -0.39 is 57.3 Å². The van der Waals surface area contributed by atoms with Crippen LogP contribution in [-0.2, 0) is 29.3 Å². The number of alkyl carbamates (subject to hydrolysis) is 1. The van der Waals surface area contributed by atoms with E-state index in [-0.39, 0.29) is 37.1 Å². The Labute approximate surface area is 306 Å². The van der Waals surface area contributed by atoms with E-state index >= 15 is 0 Å². The Kier molecular flexibility index (Phi) is 11.4. The number of Topliss-reactive ketones (excluding diaryl/α,β-unsaturated/α-hetero) is 1. The van der Waals surface area contributed by atoms with Gasteiger partial charge in [-0.25, -0.2) is 9.52 Å². The number of amides is 3. The van der Waals surface area contributed by atoms with Crippen LogP contribution in [0.15, 0.2) is 30.4 Å². The van der Waals surface area contributed by atoms with Gasteiger partial charge < -0.3 is 19.7 Å². The summed E-state index contributed by atoms with van der Waals surface area (Å²) in [5.74, 6) is -1.92. The standard InChI is InChI=1S/C37H54N6O8S/c1-23(2)43-31-24(3)15-14-18-27(31)38-34(43)50-26-19-29-30(44)21-37(33(46)40-52(48,49)41(7)8)20-25(37)16-12-10-9-11-13-17-28(32(45)42(29)22-26)39-35(47)51-36(4,5)6/h12,14-16,18,23,25-26,28-29H,9-11,13,17,19-22H2,1-8H3,(H,39,47)(H,40,46)/b16-12-/t25-,26+,28-,29-,37+/m0/s1. The van der Waals surface area contributed by atoms with Gasteiger partial charge in [-0.15, -0.1) is 0 Å². The maximum atomic E-state index is 14.5. The van der Waals surface area contributed by atoms with Crippen LogP contribution in [0.3, 0.4) is 0 Å². The van der Waals surface area contributed by atoms with Gasteiger partial charge in [0.25, 0.3) is 6.01 Å². The quantitative estimate of drug-likeness (QED) is 0.386. The van der Waals surface area contributed by atoms with Crippen molar-refractivity contribution in [2.45, 2.75) is 123 Å². The highest BCUT2D eigenvalue weighted by atomic mass is 32.2. The normalized spacial score (nSPS) is 26.7. The lowest BCUT2D eigenvalue weighted by Gasteiger charge is -2.30. The third-order valence-electron chi connectivity index (χ3n) is 10.1. The number of imidazole rings is 1. The highest BCUT2D eigenvalue weighted by Crippen LogP contribution is 2.57. The van der Waals surface area contributed by atoms with Gasteiger partial charge in [0.1, 0.15) is 17.7 Å². The number of nitrogens with zero attached hydrogens (tertiary/aromatic N) is 4. The molecule has 2 N–H and O–H groups in total. The fourth-order valence-electron chi connectivity index (χ4n) is 7.27. The number of fused-ring (bicyclic) bond motifs is 3. The van der Waals surface area contributed by atoms with Gasteiger partial charge >= 0.3 is 16.3 Å². The number of hydrogen-bond donors (Lipinski definition) is 2. The Morgan fingerprint density at radius 2 is 1.85 bits per heavy atom. The van der Waals surface area contributed by atoms with Crippen LogP contribution < -0.4 is 14.8 Å². The number of aromatic nitrogens is 2. The van der Waals surface area contributed by atoms with Gasteiger partial charge in [-0.1, -0.05) is 37.1 Å². The molecule has 5 atom stereocenters. The van der Waals surface area contributed by atoms with Crippen molar-refractivity contribution in [2.24, 2.45) is 11.3 Å². The zero-order chi connectivity index (χ0) is 38.2. The molecule has 14 nitrogen and oxygen atoms in total. The van der Waals surface area contributed by atoms with Gasteiger partial charge in [0.15, 0.2) is 5.78 Å². The van der Waals surface area contributed by atoms with E-state index in [9.17, 15) is 27.6 Å². The number of carbonyl (C=O) groups excluding carboxylic acids is 4. The van der Waals surface area contributed by atoms with Gasteiger partial charge in [-0.2, -0.15) is 17.7 Å². The minimum absolute atomic E-state index is 0.00435. The first-order chi connectivity index (χ1) is 24.3. The van der Waals surface area contributed by atoms with Gasteiger partial charge in [-0.3, -0.25) is 19.0 Å². The van der Waals surface area contributed by atoms with Gasteiger partial charge in [0, 0.05) is 33.0 Å². The molecule has 2 aromatic rings. The van der Waals surface area contributed by atoms with Crippen LogP contribution in [0.2, 0.25) is 0 Å². The van der Waals surface area contributed by atoms with Crippen LogP contribution >= 0.6 is 0 Å². The fourth-order valence-corrected chi connectivity index (χ4v) is 7.89.